The number of hydrogen-bond donors (Lipinski definition) is 1. The zero-order valence-electron chi connectivity index (χ0n) is 17.5. The van der Waals surface area contributed by atoms with Gasteiger partial charge in [-0.3, -0.25) is 4.79 Å². The number of rotatable bonds is 7. The van der Waals surface area contributed by atoms with Crippen LogP contribution in [0, 0.1) is 21.8 Å². The van der Waals surface area contributed by atoms with Crippen LogP contribution in [-0.2, 0) is 11.4 Å². The lowest BCUT2D eigenvalue weighted by molar-refractivity contribution is -0.112. The van der Waals surface area contributed by atoms with Crippen molar-refractivity contribution in [3.05, 3.63) is 91.0 Å². The zero-order chi connectivity index (χ0) is 23.1. The number of anilines is 1. The molecule has 1 amide bonds. The van der Waals surface area contributed by atoms with Gasteiger partial charge in [0, 0.05) is 10.2 Å². The van der Waals surface area contributed by atoms with Crippen LogP contribution in [0.15, 0.2) is 70.7 Å². The molecule has 0 saturated heterocycles. The maximum atomic E-state index is 12.6. The minimum Gasteiger partial charge on any atom is -0.493 e. The Bertz CT molecular complexity index is 1200. The van der Waals surface area contributed by atoms with E-state index in [1.54, 1.807) is 19.2 Å². The maximum absolute atomic E-state index is 12.6. The molecule has 5 nitrogen and oxygen atoms in total. The van der Waals surface area contributed by atoms with Crippen LogP contribution in [0.5, 0.6) is 11.5 Å². The summed E-state index contributed by atoms with van der Waals surface area (Å²) >= 11 is 5.58. The van der Waals surface area contributed by atoms with Gasteiger partial charge in [0.25, 0.3) is 5.91 Å². The van der Waals surface area contributed by atoms with Crippen LogP contribution >= 0.6 is 38.5 Å². The summed E-state index contributed by atoms with van der Waals surface area (Å²) in [6, 6.07) is 20.9. The van der Waals surface area contributed by atoms with Crippen molar-refractivity contribution in [2.75, 3.05) is 12.4 Å². The Labute approximate surface area is 209 Å². The van der Waals surface area contributed by atoms with Crippen molar-refractivity contribution in [2.24, 2.45) is 0 Å². The highest BCUT2D eigenvalue weighted by molar-refractivity contribution is 14.1. The van der Waals surface area contributed by atoms with E-state index in [-0.39, 0.29) is 5.57 Å². The molecule has 0 fully saturated rings. The molecule has 0 bridgehead atoms. The Balaban J connectivity index is 1.81. The first-order chi connectivity index (χ1) is 15.4. The van der Waals surface area contributed by atoms with Crippen molar-refractivity contribution in [1.82, 2.24) is 0 Å². The molecule has 32 heavy (non-hydrogen) atoms. The van der Waals surface area contributed by atoms with Gasteiger partial charge in [0.15, 0.2) is 11.5 Å². The molecule has 1 N–H and O–H groups in total. The van der Waals surface area contributed by atoms with E-state index in [0.717, 1.165) is 19.2 Å². The van der Waals surface area contributed by atoms with Gasteiger partial charge in [-0.1, -0.05) is 40.2 Å². The van der Waals surface area contributed by atoms with Crippen molar-refractivity contribution in [3.8, 4) is 17.6 Å². The molecule has 0 aliphatic rings. The summed E-state index contributed by atoms with van der Waals surface area (Å²) < 4.78 is 13.3. The van der Waals surface area contributed by atoms with Gasteiger partial charge < -0.3 is 14.8 Å². The van der Waals surface area contributed by atoms with Gasteiger partial charge in [0.1, 0.15) is 18.2 Å². The van der Waals surface area contributed by atoms with E-state index in [4.69, 9.17) is 9.47 Å². The van der Waals surface area contributed by atoms with Crippen LogP contribution in [0.4, 0.5) is 5.69 Å². The highest BCUT2D eigenvalue weighted by Crippen LogP contribution is 2.35. The van der Waals surface area contributed by atoms with Gasteiger partial charge in [-0.2, -0.15) is 5.26 Å². The summed E-state index contributed by atoms with van der Waals surface area (Å²) in [6.45, 7) is 2.32. The molecule has 3 aromatic carbocycles. The predicted octanol–water partition coefficient (Wildman–Crippen LogP) is 6.50. The molecule has 3 rings (SSSR count). The Kier molecular flexibility index (Phi) is 8.31. The number of methoxy groups -OCH3 is 1. The van der Waals surface area contributed by atoms with E-state index in [9.17, 15) is 10.1 Å². The standard InChI is InChI=1S/C25H20BrIN2O3/c1-16-4-3-5-21(10-16)29-25(30)19(14-28)11-18-12-22(27)24(23(13-18)31-2)32-15-17-6-8-20(26)9-7-17/h3-13H,15H2,1-2H3,(H,29,30)/b19-11-. The van der Waals surface area contributed by atoms with Crippen molar-refractivity contribution in [3.63, 3.8) is 0 Å². The Morgan fingerprint density at radius 3 is 2.59 bits per heavy atom. The Morgan fingerprint density at radius 2 is 1.94 bits per heavy atom. The van der Waals surface area contributed by atoms with Crippen LogP contribution < -0.4 is 14.8 Å². The first-order valence-electron chi connectivity index (χ1n) is 9.64. The van der Waals surface area contributed by atoms with Crippen molar-refractivity contribution >= 4 is 56.2 Å². The van der Waals surface area contributed by atoms with Crippen LogP contribution in [0.3, 0.4) is 0 Å². The molecule has 0 aromatic heterocycles. The lowest BCUT2D eigenvalue weighted by Gasteiger charge is -2.14. The number of nitriles is 1. The van der Waals surface area contributed by atoms with E-state index < -0.39 is 5.91 Å². The number of ether oxygens (including phenoxy) is 2. The quantitative estimate of drug-likeness (QED) is 0.190. The molecule has 0 aliphatic carbocycles. The fourth-order valence-corrected chi connectivity index (χ4v) is 3.98. The smallest absolute Gasteiger partial charge is 0.266 e. The van der Waals surface area contributed by atoms with Gasteiger partial charge in [0.05, 0.1) is 10.7 Å². The minimum absolute atomic E-state index is 0.00658. The number of amides is 1. The fourth-order valence-electron chi connectivity index (χ4n) is 2.94. The maximum Gasteiger partial charge on any atom is 0.266 e. The molecule has 0 saturated carbocycles. The second kappa shape index (κ2) is 11.2. The molecule has 0 atom stereocenters. The predicted molar refractivity (Wildman–Crippen MR) is 138 cm³/mol. The number of carbonyl (C=O) groups excluding carboxylic acids is 1. The van der Waals surface area contributed by atoms with Crippen molar-refractivity contribution in [2.45, 2.75) is 13.5 Å². The third kappa shape index (κ3) is 6.34. The number of benzene rings is 3. The number of nitrogens with zero attached hydrogens (tertiary/aromatic N) is 1. The second-order valence-corrected chi connectivity index (χ2v) is 9.02. The summed E-state index contributed by atoms with van der Waals surface area (Å²) in [4.78, 5) is 12.6. The van der Waals surface area contributed by atoms with E-state index >= 15 is 0 Å². The highest BCUT2D eigenvalue weighted by atomic mass is 127. The van der Waals surface area contributed by atoms with Gasteiger partial charge in [-0.25, -0.2) is 0 Å². The first-order valence-corrected chi connectivity index (χ1v) is 11.5. The number of hydrogen-bond acceptors (Lipinski definition) is 4. The lowest BCUT2D eigenvalue weighted by Crippen LogP contribution is -2.13. The third-order valence-electron chi connectivity index (χ3n) is 4.50. The lowest BCUT2D eigenvalue weighted by atomic mass is 10.1. The third-order valence-corrected chi connectivity index (χ3v) is 5.83. The van der Waals surface area contributed by atoms with Gasteiger partial charge in [-0.15, -0.1) is 0 Å². The van der Waals surface area contributed by atoms with Crippen molar-refractivity contribution in [1.29, 1.82) is 5.26 Å². The average Bonchev–Trinajstić information content (AvgIpc) is 2.77. The summed E-state index contributed by atoms with van der Waals surface area (Å²) in [5.74, 6) is 0.662. The summed E-state index contributed by atoms with van der Waals surface area (Å²) in [5.41, 5.74) is 3.34. The molecule has 0 aliphatic heterocycles. The molecular weight excluding hydrogens is 583 g/mol. The monoisotopic (exact) mass is 602 g/mol. The summed E-state index contributed by atoms with van der Waals surface area (Å²) in [5, 5.41) is 12.3. The van der Waals surface area contributed by atoms with E-state index in [2.05, 4.69) is 43.8 Å². The van der Waals surface area contributed by atoms with Crippen LogP contribution in [0.25, 0.3) is 6.08 Å². The molecule has 0 spiro atoms. The second-order valence-electron chi connectivity index (χ2n) is 6.94. The molecule has 7 heteroatoms. The Morgan fingerprint density at radius 1 is 1.19 bits per heavy atom. The van der Waals surface area contributed by atoms with Crippen LogP contribution in [0.2, 0.25) is 0 Å². The van der Waals surface area contributed by atoms with Crippen LogP contribution in [-0.4, -0.2) is 13.0 Å². The average molecular weight is 603 g/mol. The van der Waals surface area contributed by atoms with E-state index in [1.807, 2.05) is 61.5 Å². The van der Waals surface area contributed by atoms with Gasteiger partial charge >= 0.3 is 0 Å². The van der Waals surface area contributed by atoms with Gasteiger partial charge in [0.2, 0.25) is 0 Å². The van der Waals surface area contributed by atoms with E-state index in [0.29, 0.717) is 29.4 Å². The molecule has 162 valence electrons. The number of carbonyl (C=O) groups is 1. The first kappa shape index (κ1) is 23.8. The highest BCUT2D eigenvalue weighted by Gasteiger charge is 2.14. The SMILES string of the molecule is COc1cc(/C=C(/C#N)C(=O)Nc2cccc(C)c2)cc(I)c1OCc1ccc(Br)cc1. The summed E-state index contributed by atoms with van der Waals surface area (Å²) in [7, 11) is 1.56. The molecule has 0 heterocycles. The number of aryl methyl sites for hydroxylation is 1. The zero-order valence-corrected chi connectivity index (χ0v) is 21.2. The molecule has 3 aromatic rings. The number of nitrogens with one attached hydrogen (secondary N) is 1. The van der Waals surface area contributed by atoms with Gasteiger partial charge in [-0.05, 0) is 88.7 Å². The normalized spacial score (nSPS) is 10.9. The largest absolute Gasteiger partial charge is 0.493 e. The van der Waals surface area contributed by atoms with E-state index in [1.165, 1.54) is 6.08 Å². The van der Waals surface area contributed by atoms with Crippen LogP contribution in [0.1, 0.15) is 16.7 Å². The molecular formula is C25H20BrIN2O3. The molecule has 0 radical (unpaired) electrons. The summed E-state index contributed by atoms with van der Waals surface area (Å²) in [6.07, 6.45) is 1.54. The minimum atomic E-state index is -0.470. The fraction of sp³-hybridized carbons (Fsp3) is 0.120. The topological polar surface area (TPSA) is 71.3 Å². The van der Waals surface area contributed by atoms with Crippen molar-refractivity contribution < 1.29 is 14.3 Å². The number of halogens is 2. The Hall–Kier alpha value is -2.83. The molecule has 0 unspecified atom stereocenters.